The molecule has 10 heteroatoms. The van der Waals surface area contributed by atoms with Gasteiger partial charge in [0.05, 0.1) is 0 Å². The van der Waals surface area contributed by atoms with Crippen LogP contribution in [0.4, 0.5) is 14.5 Å². The van der Waals surface area contributed by atoms with Crippen LogP contribution in [0.25, 0.3) is 0 Å². The molecule has 0 bridgehead atoms. The van der Waals surface area contributed by atoms with Crippen molar-refractivity contribution in [3.63, 3.8) is 0 Å². The lowest BCUT2D eigenvalue weighted by molar-refractivity contribution is 0.484. The Morgan fingerprint density at radius 1 is 1.38 bits per heavy atom. The monoisotopic (exact) mass is 317 g/mol. The van der Waals surface area contributed by atoms with Crippen molar-refractivity contribution in [2.45, 2.75) is 11.3 Å². The lowest BCUT2D eigenvalue weighted by Gasteiger charge is -2.09. The highest BCUT2D eigenvalue weighted by Crippen LogP contribution is 2.20. The average Bonchev–Trinajstić information content (AvgIpc) is 2.79. The van der Waals surface area contributed by atoms with E-state index >= 15 is 0 Å². The minimum atomic E-state index is -4.20. The van der Waals surface area contributed by atoms with Crippen LogP contribution in [-0.4, -0.2) is 29.7 Å². The van der Waals surface area contributed by atoms with Gasteiger partial charge in [-0.15, -0.1) is 10.2 Å². The third-order valence-corrected chi connectivity index (χ3v) is 4.21. The van der Waals surface area contributed by atoms with Gasteiger partial charge < -0.3 is 10.3 Å². The van der Waals surface area contributed by atoms with E-state index in [9.17, 15) is 17.2 Å². The smallest absolute Gasteiger partial charge is 0.243 e. The standard InChI is InChI=1S/C11H13F2N5O2S/c1-18-6-15-17-10(18)2-3-16-21(19,20)9-5-7(14)4-8(12)11(9)13/h4-6,16H,2-3,14H2,1H3. The maximum Gasteiger partial charge on any atom is 0.243 e. The molecular formula is C11H13F2N5O2S. The Bertz CT molecular complexity index is 760. The third-order valence-electron chi connectivity index (χ3n) is 2.75. The maximum absolute atomic E-state index is 13.6. The molecule has 0 aliphatic rings. The molecular weight excluding hydrogens is 304 g/mol. The second-order valence-electron chi connectivity index (χ2n) is 4.32. The zero-order chi connectivity index (χ0) is 15.6. The van der Waals surface area contributed by atoms with Crippen LogP contribution in [0, 0.1) is 11.6 Å². The molecule has 0 fully saturated rings. The van der Waals surface area contributed by atoms with E-state index in [2.05, 4.69) is 14.9 Å². The van der Waals surface area contributed by atoms with Crippen LogP contribution in [0.1, 0.15) is 5.82 Å². The first-order valence-electron chi connectivity index (χ1n) is 5.88. The molecule has 0 saturated carbocycles. The molecule has 1 aromatic heterocycles. The molecule has 1 aromatic carbocycles. The predicted octanol–water partition coefficient (Wildman–Crippen LogP) is 0.197. The fourth-order valence-corrected chi connectivity index (χ4v) is 2.84. The number of aromatic nitrogens is 3. The number of nitrogens with one attached hydrogen (secondary N) is 1. The minimum Gasteiger partial charge on any atom is -0.399 e. The van der Waals surface area contributed by atoms with Gasteiger partial charge in [0.1, 0.15) is 17.0 Å². The molecule has 0 aliphatic carbocycles. The summed E-state index contributed by atoms with van der Waals surface area (Å²) in [6.45, 7) is -0.0370. The molecule has 0 aliphatic heterocycles. The van der Waals surface area contributed by atoms with Crippen LogP contribution < -0.4 is 10.5 Å². The van der Waals surface area contributed by atoms with Gasteiger partial charge in [0.25, 0.3) is 0 Å². The summed E-state index contributed by atoms with van der Waals surface area (Å²) >= 11 is 0. The summed E-state index contributed by atoms with van der Waals surface area (Å²) in [5.41, 5.74) is 5.15. The summed E-state index contributed by atoms with van der Waals surface area (Å²) in [5, 5.41) is 7.42. The highest BCUT2D eigenvalue weighted by atomic mass is 32.2. The highest BCUT2D eigenvalue weighted by molar-refractivity contribution is 7.89. The molecule has 0 spiro atoms. The Morgan fingerprint density at radius 3 is 2.71 bits per heavy atom. The molecule has 0 unspecified atom stereocenters. The van der Waals surface area contributed by atoms with E-state index in [1.807, 2.05) is 0 Å². The summed E-state index contributed by atoms with van der Waals surface area (Å²) in [6, 6.07) is 1.58. The summed E-state index contributed by atoms with van der Waals surface area (Å²) in [6.07, 6.45) is 1.72. The van der Waals surface area contributed by atoms with E-state index in [0.29, 0.717) is 11.9 Å². The van der Waals surface area contributed by atoms with E-state index in [1.54, 1.807) is 11.6 Å². The van der Waals surface area contributed by atoms with E-state index in [4.69, 9.17) is 5.73 Å². The van der Waals surface area contributed by atoms with Gasteiger partial charge in [0.15, 0.2) is 11.6 Å². The van der Waals surface area contributed by atoms with Crippen molar-refractivity contribution >= 4 is 15.7 Å². The topological polar surface area (TPSA) is 103 Å². The fourth-order valence-electron chi connectivity index (χ4n) is 1.69. The number of hydrogen-bond acceptors (Lipinski definition) is 5. The van der Waals surface area contributed by atoms with Crippen molar-refractivity contribution in [2.24, 2.45) is 7.05 Å². The molecule has 0 atom stereocenters. The molecule has 3 N–H and O–H groups in total. The maximum atomic E-state index is 13.6. The number of benzene rings is 1. The van der Waals surface area contributed by atoms with Gasteiger partial charge in [0.2, 0.25) is 10.0 Å². The van der Waals surface area contributed by atoms with E-state index in [1.165, 1.54) is 6.33 Å². The number of hydrogen-bond donors (Lipinski definition) is 2. The van der Waals surface area contributed by atoms with E-state index in [0.717, 1.165) is 6.07 Å². The molecule has 0 radical (unpaired) electrons. The second-order valence-corrected chi connectivity index (χ2v) is 6.06. The first-order valence-corrected chi connectivity index (χ1v) is 7.36. The van der Waals surface area contributed by atoms with Gasteiger partial charge in [-0.3, -0.25) is 0 Å². The number of halogens is 2. The number of aryl methyl sites for hydroxylation is 1. The number of sulfonamides is 1. The number of nitrogens with zero attached hydrogens (tertiary/aromatic N) is 3. The first-order chi connectivity index (χ1) is 9.81. The van der Waals surface area contributed by atoms with Crippen molar-refractivity contribution in [1.82, 2.24) is 19.5 Å². The Labute approximate surface area is 119 Å². The SMILES string of the molecule is Cn1cnnc1CCNS(=O)(=O)c1cc(N)cc(F)c1F. The highest BCUT2D eigenvalue weighted by Gasteiger charge is 2.22. The lowest BCUT2D eigenvalue weighted by atomic mass is 10.3. The van der Waals surface area contributed by atoms with Crippen molar-refractivity contribution in [1.29, 1.82) is 0 Å². The zero-order valence-electron chi connectivity index (χ0n) is 11.0. The Balaban J connectivity index is 2.14. The molecule has 114 valence electrons. The minimum absolute atomic E-state index is 0.0370. The first kappa shape index (κ1) is 15.3. The van der Waals surface area contributed by atoms with Crippen LogP contribution in [0.5, 0.6) is 0 Å². The lowest BCUT2D eigenvalue weighted by Crippen LogP contribution is -2.27. The summed E-state index contributed by atoms with van der Waals surface area (Å²) in [4.78, 5) is -0.821. The summed E-state index contributed by atoms with van der Waals surface area (Å²) < 4.78 is 54.5. The zero-order valence-corrected chi connectivity index (χ0v) is 11.9. The predicted molar refractivity (Wildman–Crippen MR) is 70.7 cm³/mol. The van der Waals surface area contributed by atoms with Gasteiger partial charge in [-0.25, -0.2) is 21.9 Å². The quantitative estimate of drug-likeness (QED) is 0.767. The van der Waals surface area contributed by atoms with Gasteiger partial charge >= 0.3 is 0 Å². The normalized spacial score (nSPS) is 11.8. The van der Waals surface area contributed by atoms with Crippen molar-refractivity contribution in [2.75, 3.05) is 12.3 Å². The molecule has 7 nitrogen and oxygen atoms in total. The van der Waals surface area contributed by atoms with Crippen LogP contribution in [0.15, 0.2) is 23.4 Å². The summed E-state index contributed by atoms with van der Waals surface area (Å²) in [5.74, 6) is -2.23. The fraction of sp³-hybridized carbons (Fsp3) is 0.273. The molecule has 2 rings (SSSR count). The Hall–Kier alpha value is -2.07. The Kier molecular flexibility index (Phi) is 4.19. The number of anilines is 1. The largest absolute Gasteiger partial charge is 0.399 e. The molecule has 2 aromatic rings. The van der Waals surface area contributed by atoms with Gasteiger partial charge in [0, 0.05) is 25.7 Å². The summed E-state index contributed by atoms with van der Waals surface area (Å²) in [7, 11) is -2.50. The van der Waals surface area contributed by atoms with Crippen LogP contribution in [0.3, 0.4) is 0 Å². The van der Waals surface area contributed by atoms with Crippen molar-refractivity contribution in [3.05, 3.63) is 35.9 Å². The van der Waals surface area contributed by atoms with Crippen LogP contribution in [0.2, 0.25) is 0 Å². The van der Waals surface area contributed by atoms with Crippen molar-refractivity contribution in [3.8, 4) is 0 Å². The van der Waals surface area contributed by atoms with Crippen molar-refractivity contribution < 1.29 is 17.2 Å². The Morgan fingerprint density at radius 2 is 2.10 bits per heavy atom. The molecule has 1 heterocycles. The van der Waals surface area contributed by atoms with Crippen LogP contribution in [-0.2, 0) is 23.5 Å². The third kappa shape index (κ3) is 3.34. The number of nitrogens with two attached hydrogens (primary N) is 1. The molecule has 0 amide bonds. The van der Waals surface area contributed by atoms with Gasteiger partial charge in [-0.2, -0.15) is 0 Å². The average molecular weight is 317 g/mol. The van der Waals surface area contributed by atoms with Crippen LogP contribution >= 0.6 is 0 Å². The molecule has 0 saturated heterocycles. The van der Waals surface area contributed by atoms with E-state index < -0.39 is 26.6 Å². The van der Waals surface area contributed by atoms with Gasteiger partial charge in [-0.1, -0.05) is 0 Å². The van der Waals surface area contributed by atoms with E-state index in [-0.39, 0.29) is 18.7 Å². The van der Waals surface area contributed by atoms with Gasteiger partial charge in [-0.05, 0) is 12.1 Å². The number of rotatable bonds is 5. The molecule has 21 heavy (non-hydrogen) atoms. The second kappa shape index (κ2) is 5.74. The number of nitrogen functional groups attached to an aromatic ring is 1.